The molecule has 2 unspecified atom stereocenters. The van der Waals surface area contributed by atoms with Crippen LogP contribution in [0.2, 0.25) is 0 Å². The Hall–Kier alpha value is -1.47. The highest BCUT2D eigenvalue weighted by Gasteiger charge is 2.21. The highest BCUT2D eigenvalue weighted by atomic mass is 16.2. The molecule has 0 aliphatic carbocycles. The summed E-state index contributed by atoms with van der Waals surface area (Å²) in [5.41, 5.74) is 0.433. The smallest absolute Gasteiger partial charge is 0.273 e. The Morgan fingerprint density at radius 3 is 2.69 bits per heavy atom. The van der Waals surface area contributed by atoms with Gasteiger partial charge in [-0.05, 0) is 63.6 Å². The van der Waals surface area contributed by atoms with Gasteiger partial charge in [-0.1, -0.05) is 19.1 Å². The van der Waals surface area contributed by atoms with Gasteiger partial charge < -0.3 is 15.5 Å². The Morgan fingerprint density at radius 2 is 1.96 bits per heavy atom. The van der Waals surface area contributed by atoms with E-state index in [1.165, 1.54) is 19.5 Å². The van der Waals surface area contributed by atoms with Crippen LogP contribution in [0.5, 0.6) is 0 Å². The maximum Gasteiger partial charge on any atom is 0.273 e. The van der Waals surface area contributed by atoms with Gasteiger partial charge in [0, 0.05) is 19.6 Å². The van der Waals surface area contributed by atoms with Gasteiger partial charge >= 0.3 is 0 Å². The zero-order valence-corrected chi connectivity index (χ0v) is 16.3. The lowest BCUT2D eigenvalue weighted by Crippen LogP contribution is -2.39. The summed E-state index contributed by atoms with van der Waals surface area (Å²) in [5.74, 6) is 1.51. The Labute approximate surface area is 156 Å². The molecule has 1 amide bonds. The predicted molar refractivity (Wildman–Crippen MR) is 102 cm³/mol. The fourth-order valence-corrected chi connectivity index (χ4v) is 4.36. The van der Waals surface area contributed by atoms with E-state index in [0.29, 0.717) is 18.3 Å². The fourth-order valence-electron chi connectivity index (χ4n) is 4.36. The molecule has 1 aromatic rings. The molecule has 7 heteroatoms. The van der Waals surface area contributed by atoms with Crippen molar-refractivity contribution in [2.75, 3.05) is 39.3 Å². The van der Waals surface area contributed by atoms with Crippen molar-refractivity contribution in [1.29, 1.82) is 0 Å². The predicted octanol–water partition coefficient (Wildman–Crippen LogP) is 1.69. The number of carbonyl (C=O) groups is 1. The van der Waals surface area contributed by atoms with Crippen LogP contribution < -0.4 is 10.6 Å². The minimum absolute atomic E-state index is 0.106. The first kappa shape index (κ1) is 19.3. The molecule has 2 atom stereocenters. The van der Waals surface area contributed by atoms with Crippen molar-refractivity contribution < 1.29 is 4.79 Å². The van der Waals surface area contributed by atoms with E-state index in [-0.39, 0.29) is 5.91 Å². The third-order valence-corrected chi connectivity index (χ3v) is 5.56. The maximum absolute atomic E-state index is 12.2. The van der Waals surface area contributed by atoms with Gasteiger partial charge in [-0.3, -0.25) is 4.79 Å². The molecule has 0 saturated carbocycles. The molecule has 2 fully saturated rings. The standard InChI is InChI=1S/C19H34N6O/c1-15-11-16(2)13-24(12-15)10-4-3-7-21-19(26)18-14-25(23-22-18)17-5-8-20-9-6-17/h14-17,20H,3-13H2,1-2H3,(H,21,26). The second-order valence-electron chi connectivity index (χ2n) is 8.23. The number of amides is 1. The second kappa shape index (κ2) is 9.46. The summed E-state index contributed by atoms with van der Waals surface area (Å²) in [6.07, 6.45) is 7.36. The number of rotatable bonds is 7. The van der Waals surface area contributed by atoms with Crippen molar-refractivity contribution in [2.24, 2.45) is 11.8 Å². The zero-order chi connectivity index (χ0) is 18.4. The topological polar surface area (TPSA) is 75.1 Å². The minimum atomic E-state index is -0.106. The van der Waals surface area contributed by atoms with Crippen molar-refractivity contribution in [2.45, 2.75) is 52.0 Å². The first-order valence-corrected chi connectivity index (χ1v) is 10.2. The van der Waals surface area contributed by atoms with E-state index in [0.717, 1.165) is 57.2 Å². The van der Waals surface area contributed by atoms with Crippen LogP contribution in [-0.2, 0) is 0 Å². The molecule has 1 aromatic heterocycles. The first-order chi connectivity index (χ1) is 12.6. The molecule has 26 heavy (non-hydrogen) atoms. The van der Waals surface area contributed by atoms with Gasteiger partial charge in [0.1, 0.15) is 0 Å². The number of piperidine rings is 2. The molecule has 2 N–H and O–H groups in total. The van der Waals surface area contributed by atoms with Crippen LogP contribution in [-0.4, -0.2) is 65.1 Å². The molecule has 2 aliphatic rings. The molecule has 2 aliphatic heterocycles. The molecule has 3 heterocycles. The van der Waals surface area contributed by atoms with Crippen molar-refractivity contribution in [1.82, 2.24) is 30.5 Å². The average Bonchev–Trinajstić information content (AvgIpc) is 3.11. The van der Waals surface area contributed by atoms with Crippen LogP contribution in [0.1, 0.15) is 62.5 Å². The van der Waals surface area contributed by atoms with Crippen LogP contribution in [0.15, 0.2) is 6.20 Å². The number of unbranched alkanes of at least 4 members (excludes halogenated alkanes) is 1. The summed E-state index contributed by atoms with van der Waals surface area (Å²) < 4.78 is 1.86. The van der Waals surface area contributed by atoms with E-state index < -0.39 is 0 Å². The third kappa shape index (κ3) is 5.51. The molecular formula is C19H34N6O. The van der Waals surface area contributed by atoms with E-state index in [9.17, 15) is 4.79 Å². The van der Waals surface area contributed by atoms with Crippen LogP contribution >= 0.6 is 0 Å². The second-order valence-corrected chi connectivity index (χ2v) is 8.23. The quantitative estimate of drug-likeness (QED) is 0.722. The molecule has 0 radical (unpaired) electrons. The van der Waals surface area contributed by atoms with Crippen molar-refractivity contribution in [3.05, 3.63) is 11.9 Å². The molecule has 3 rings (SSSR count). The maximum atomic E-state index is 12.2. The van der Waals surface area contributed by atoms with Crippen LogP contribution in [0, 0.1) is 11.8 Å². The van der Waals surface area contributed by atoms with Gasteiger partial charge in [-0.15, -0.1) is 5.10 Å². The van der Waals surface area contributed by atoms with E-state index >= 15 is 0 Å². The van der Waals surface area contributed by atoms with Crippen molar-refractivity contribution >= 4 is 5.91 Å². The fraction of sp³-hybridized carbons (Fsp3) is 0.842. The van der Waals surface area contributed by atoms with E-state index in [4.69, 9.17) is 0 Å². The van der Waals surface area contributed by atoms with Gasteiger partial charge in [0.25, 0.3) is 5.91 Å². The van der Waals surface area contributed by atoms with Gasteiger partial charge in [-0.2, -0.15) is 0 Å². The van der Waals surface area contributed by atoms with E-state index in [2.05, 4.69) is 39.7 Å². The van der Waals surface area contributed by atoms with Crippen LogP contribution in [0.3, 0.4) is 0 Å². The van der Waals surface area contributed by atoms with Crippen molar-refractivity contribution in [3.63, 3.8) is 0 Å². The van der Waals surface area contributed by atoms with Crippen LogP contribution in [0.4, 0.5) is 0 Å². The minimum Gasteiger partial charge on any atom is -0.351 e. The number of hydrogen-bond acceptors (Lipinski definition) is 5. The van der Waals surface area contributed by atoms with Crippen LogP contribution in [0.25, 0.3) is 0 Å². The molecule has 7 nitrogen and oxygen atoms in total. The SMILES string of the molecule is CC1CC(C)CN(CCCCNC(=O)c2cn(C3CCNCC3)nn2)C1. The Kier molecular flexibility index (Phi) is 7.02. The molecule has 146 valence electrons. The summed E-state index contributed by atoms with van der Waals surface area (Å²) >= 11 is 0. The Bertz CT molecular complexity index is 558. The number of nitrogens with one attached hydrogen (secondary N) is 2. The summed E-state index contributed by atoms with van der Waals surface area (Å²) in [6.45, 7) is 11.0. The Balaban J connectivity index is 1.33. The number of aromatic nitrogens is 3. The summed E-state index contributed by atoms with van der Waals surface area (Å²) in [6, 6.07) is 0.361. The first-order valence-electron chi connectivity index (χ1n) is 10.2. The third-order valence-electron chi connectivity index (χ3n) is 5.56. The summed E-state index contributed by atoms with van der Waals surface area (Å²) in [5, 5.41) is 14.5. The zero-order valence-electron chi connectivity index (χ0n) is 16.3. The van der Waals surface area contributed by atoms with Gasteiger partial charge in [0.15, 0.2) is 5.69 Å². The number of nitrogens with zero attached hydrogens (tertiary/aromatic N) is 4. The number of carbonyl (C=O) groups excluding carboxylic acids is 1. The summed E-state index contributed by atoms with van der Waals surface area (Å²) in [7, 11) is 0. The largest absolute Gasteiger partial charge is 0.351 e. The van der Waals surface area contributed by atoms with Gasteiger partial charge in [0.2, 0.25) is 0 Å². The molecule has 0 spiro atoms. The van der Waals surface area contributed by atoms with Gasteiger partial charge in [0.05, 0.1) is 12.2 Å². The molecule has 0 bridgehead atoms. The van der Waals surface area contributed by atoms with Crippen molar-refractivity contribution in [3.8, 4) is 0 Å². The van der Waals surface area contributed by atoms with E-state index in [1.807, 2.05) is 4.68 Å². The molecule has 0 aromatic carbocycles. The normalized spacial score (nSPS) is 25.3. The number of hydrogen-bond donors (Lipinski definition) is 2. The van der Waals surface area contributed by atoms with Gasteiger partial charge in [-0.25, -0.2) is 4.68 Å². The lowest BCUT2D eigenvalue weighted by atomic mass is 9.92. The average molecular weight is 363 g/mol. The van der Waals surface area contributed by atoms with E-state index in [1.54, 1.807) is 6.20 Å². The lowest BCUT2D eigenvalue weighted by Gasteiger charge is -2.34. The summed E-state index contributed by atoms with van der Waals surface area (Å²) in [4.78, 5) is 14.8. The highest BCUT2D eigenvalue weighted by molar-refractivity contribution is 5.91. The lowest BCUT2D eigenvalue weighted by molar-refractivity contribution is 0.0946. The Morgan fingerprint density at radius 1 is 1.23 bits per heavy atom. The molecular weight excluding hydrogens is 328 g/mol. The molecule has 2 saturated heterocycles. The number of likely N-dealkylation sites (tertiary alicyclic amines) is 1. The highest BCUT2D eigenvalue weighted by Crippen LogP contribution is 2.21. The monoisotopic (exact) mass is 362 g/mol.